The van der Waals surface area contributed by atoms with Gasteiger partial charge in [-0.2, -0.15) is 0 Å². The maximum Gasteiger partial charge on any atom is 0.230 e. The number of para-hydroxylation sites is 1. The van der Waals surface area contributed by atoms with Gasteiger partial charge in [0.2, 0.25) is 5.91 Å². The van der Waals surface area contributed by atoms with Crippen molar-refractivity contribution in [1.29, 1.82) is 0 Å². The summed E-state index contributed by atoms with van der Waals surface area (Å²) < 4.78 is 13.0. The lowest BCUT2D eigenvalue weighted by atomic mass is 10.3. The predicted molar refractivity (Wildman–Crippen MR) is 112 cm³/mol. The first kappa shape index (κ1) is 21.0. The molecule has 0 aliphatic rings. The van der Waals surface area contributed by atoms with Crippen LogP contribution in [0.4, 0.5) is 0 Å². The molecule has 1 amide bonds. The summed E-state index contributed by atoms with van der Waals surface area (Å²) in [5.41, 5.74) is 0. The fraction of sp³-hybridized carbons (Fsp3) is 0.250. The molecular weight excluding hydrogens is 412 g/mol. The number of nitrogens with one attached hydrogen (secondary N) is 1. The van der Waals surface area contributed by atoms with E-state index < -0.39 is 0 Å². The zero-order valence-electron chi connectivity index (χ0n) is 15.9. The molecule has 152 valence electrons. The smallest absolute Gasteiger partial charge is 0.230 e. The third kappa shape index (κ3) is 5.65. The monoisotopic (exact) mass is 432 g/mol. The average molecular weight is 433 g/mol. The maximum absolute atomic E-state index is 12.1. The number of carbonyl (C=O) groups is 1. The van der Waals surface area contributed by atoms with Crippen molar-refractivity contribution in [1.82, 2.24) is 20.1 Å². The van der Waals surface area contributed by atoms with Crippen LogP contribution in [0.1, 0.15) is 24.6 Å². The van der Waals surface area contributed by atoms with E-state index in [4.69, 9.17) is 20.8 Å². The van der Waals surface area contributed by atoms with E-state index in [9.17, 15) is 4.79 Å². The number of allylic oxidation sites excluding steroid dienone is 1. The lowest BCUT2D eigenvalue weighted by Gasteiger charge is -2.16. The van der Waals surface area contributed by atoms with E-state index >= 15 is 0 Å². The molecule has 2 heterocycles. The highest BCUT2D eigenvalue weighted by Crippen LogP contribution is 2.29. The van der Waals surface area contributed by atoms with Crippen LogP contribution in [0.25, 0.3) is 0 Å². The standard InChI is InChI=1S/C20H21ClN4O3S/c1-3-10-25-19(14(2)28-17-9-5-4-8-16(17)21)23-24-20(25)29-13-18(26)22-12-15-7-6-11-27-15/h3-9,11,14H,1,10,12-13H2,2H3,(H,22,26). The summed E-state index contributed by atoms with van der Waals surface area (Å²) in [6.07, 6.45) is 2.93. The molecule has 3 rings (SSSR count). The van der Waals surface area contributed by atoms with Crippen LogP contribution in [0.15, 0.2) is 64.9 Å². The van der Waals surface area contributed by atoms with Crippen molar-refractivity contribution in [2.75, 3.05) is 5.75 Å². The number of thioether (sulfide) groups is 1. The Bertz CT molecular complexity index is 959. The molecule has 1 aromatic carbocycles. The highest BCUT2D eigenvalue weighted by molar-refractivity contribution is 7.99. The summed E-state index contributed by atoms with van der Waals surface area (Å²) in [6, 6.07) is 10.8. The number of ether oxygens (including phenoxy) is 1. The molecule has 1 unspecified atom stereocenters. The Morgan fingerprint density at radius 3 is 2.93 bits per heavy atom. The second-order valence-electron chi connectivity index (χ2n) is 6.08. The molecule has 0 spiro atoms. The lowest BCUT2D eigenvalue weighted by Crippen LogP contribution is -2.24. The molecule has 0 saturated heterocycles. The molecule has 0 aliphatic carbocycles. The van der Waals surface area contributed by atoms with Gasteiger partial charge in [-0.15, -0.1) is 16.8 Å². The fourth-order valence-electron chi connectivity index (χ4n) is 2.57. The average Bonchev–Trinajstić information content (AvgIpc) is 3.37. The minimum Gasteiger partial charge on any atom is -0.481 e. The van der Waals surface area contributed by atoms with E-state index in [0.717, 1.165) is 0 Å². The minimum atomic E-state index is -0.385. The molecule has 9 heteroatoms. The summed E-state index contributed by atoms with van der Waals surface area (Å²) in [6.45, 7) is 6.51. The maximum atomic E-state index is 12.1. The summed E-state index contributed by atoms with van der Waals surface area (Å²) in [7, 11) is 0. The molecule has 0 fully saturated rings. The van der Waals surface area contributed by atoms with Crippen LogP contribution >= 0.6 is 23.4 Å². The van der Waals surface area contributed by atoms with Crippen molar-refractivity contribution >= 4 is 29.3 Å². The number of hydrogen-bond acceptors (Lipinski definition) is 6. The molecule has 0 bridgehead atoms. The molecule has 3 aromatic rings. The third-order valence-corrected chi connectivity index (χ3v) is 5.21. The number of halogens is 1. The number of benzene rings is 1. The van der Waals surface area contributed by atoms with Gasteiger partial charge in [0.25, 0.3) is 0 Å². The predicted octanol–water partition coefficient (Wildman–Crippen LogP) is 4.26. The van der Waals surface area contributed by atoms with Crippen LogP contribution in [0, 0.1) is 0 Å². The quantitative estimate of drug-likeness (QED) is 0.380. The molecule has 1 atom stereocenters. The molecule has 7 nitrogen and oxygen atoms in total. The van der Waals surface area contributed by atoms with Gasteiger partial charge < -0.3 is 14.5 Å². The summed E-state index contributed by atoms with van der Waals surface area (Å²) in [4.78, 5) is 12.1. The highest BCUT2D eigenvalue weighted by atomic mass is 35.5. The molecule has 0 aliphatic heterocycles. The minimum absolute atomic E-state index is 0.124. The second kappa shape index (κ2) is 10.2. The molecule has 1 N–H and O–H groups in total. The van der Waals surface area contributed by atoms with Crippen molar-refractivity contribution < 1.29 is 13.9 Å². The zero-order chi connectivity index (χ0) is 20.6. The Morgan fingerprint density at radius 2 is 2.21 bits per heavy atom. The van der Waals surface area contributed by atoms with Gasteiger partial charge in [0.05, 0.1) is 23.6 Å². The van der Waals surface area contributed by atoms with Gasteiger partial charge >= 0.3 is 0 Å². The summed E-state index contributed by atoms with van der Waals surface area (Å²) >= 11 is 7.47. The van der Waals surface area contributed by atoms with Gasteiger partial charge in [0.1, 0.15) is 11.5 Å². The topological polar surface area (TPSA) is 82.2 Å². The number of hydrogen-bond donors (Lipinski definition) is 1. The Balaban J connectivity index is 1.63. The number of aromatic nitrogens is 3. The largest absolute Gasteiger partial charge is 0.481 e. The SMILES string of the molecule is C=CCn1c(SCC(=O)NCc2ccco2)nnc1C(C)Oc1ccccc1Cl. The molecule has 29 heavy (non-hydrogen) atoms. The van der Waals surface area contributed by atoms with Crippen LogP contribution < -0.4 is 10.1 Å². The number of nitrogens with zero attached hydrogens (tertiary/aromatic N) is 3. The highest BCUT2D eigenvalue weighted by Gasteiger charge is 2.20. The van der Waals surface area contributed by atoms with Crippen molar-refractivity contribution in [3.05, 3.63) is 71.9 Å². The zero-order valence-corrected chi connectivity index (χ0v) is 17.4. The van der Waals surface area contributed by atoms with Gasteiger partial charge in [-0.3, -0.25) is 9.36 Å². The third-order valence-electron chi connectivity index (χ3n) is 3.93. The second-order valence-corrected chi connectivity index (χ2v) is 7.43. The lowest BCUT2D eigenvalue weighted by molar-refractivity contribution is -0.118. The van der Waals surface area contributed by atoms with E-state index in [0.29, 0.717) is 40.6 Å². The molecule has 2 aromatic heterocycles. The Labute approximate surface area is 178 Å². The Kier molecular flexibility index (Phi) is 7.37. The van der Waals surface area contributed by atoms with E-state index in [2.05, 4.69) is 22.1 Å². The first-order chi connectivity index (χ1) is 14.1. The normalized spacial score (nSPS) is 11.8. The van der Waals surface area contributed by atoms with Crippen LogP contribution in [-0.2, 0) is 17.9 Å². The van der Waals surface area contributed by atoms with Crippen LogP contribution in [0.2, 0.25) is 5.02 Å². The van der Waals surface area contributed by atoms with Gasteiger partial charge in [-0.25, -0.2) is 0 Å². The molecule has 0 saturated carbocycles. The number of furan rings is 1. The van der Waals surface area contributed by atoms with E-state index in [1.54, 1.807) is 36.6 Å². The van der Waals surface area contributed by atoms with Gasteiger partial charge in [-0.1, -0.05) is 41.6 Å². The number of amides is 1. The van der Waals surface area contributed by atoms with Gasteiger partial charge in [-0.05, 0) is 31.2 Å². The van der Waals surface area contributed by atoms with Crippen molar-refractivity contribution in [2.45, 2.75) is 31.3 Å². The molecule has 0 radical (unpaired) electrons. The van der Waals surface area contributed by atoms with E-state index in [-0.39, 0.29) is 17.8 Å². The Hall–Kier alpha value is -2.71. The first-order valence-corrected chi connectivity index (χ1v) is 10.3. The van der Waals surface area contributed by atoms with Crippen LogP contribution in [0.3, 0.4) is 0 Å². The molecular formula is C20H21ClN4O3S. The number of rotatable bonds is 10. The summed E-state index contributed by atoms with van der Waals surface area (Å²) in [5, 5.41) is 12.4. The summed E-state index contributed by atoms with van der Waals surface area (Å²) in [5.74, 6) is 1.98. The van der Waals surface area contributed by atoms with Gasteiger partial charge in [0, 0.05) is 6.54 Å². The first-order valence-electron chi connectivity index (χ1n) is 8.95. The van der Waals surface area contributed by atoms with E-state index in [1.807, 2.05) is 23.6 Å². The van der Waals surface area contributed by atoms with Crippen LogP contribution in [-0.4, -0.2) is 26.4 Å². The van der Waals surface area contributed by atoms with Crippen molar-refractivity contribution in [3.8, 4) is 5.75 Å². The van der Waals surface area contributed by atoms with Crippen molar-refractivity contribution in [2.24, 2.45) is 0 Å². The van der Waals surface area contributed by atoms with E-state index in [1.165, 1.54) is 11.8 Å². The van der Waals surface area contributed by atoms with Crippen LogP contribution in [0.5, 0.6) is 5.75 Å². The van der Waals surface area contributed by atoms with Gasteiger partial charge in [0.15, 0.2) is 17.1 Å². The fourth-order valence-corrected chi connectivity index (χ4v) is 3.54. The number of carbonyl (C=O) groups excluding carboxylic acids is 1. The van der Waals surface area contributed by atoms with Crippen molar-refractivity contribution in [3.63, 3.8) is 0 Å². The Morgan fingerprint density at radius 1 is 1.38 bits per heavy atom.